The van der Waals surface area contributed by atoms with Crippen LogP contribution in [0.2, 0.25) is 0 Å². The maximum Gasteiger partial charge on any atom is 0.199 e. The number of rotatable bonds is 6. The molecular formula is C17H15FN6O2. The number of hydrogen-bond donors (Lipinski definition) is 2. The summed E-state index contributed by atoms with van der Waals surface area (Å²) in [6.07, 6.45) is 1.50. The van der Waals surface area contributed by atoms with Crippen molar-refractivity contribution in [2.45, 2.75) is 6.61 Å². The summed E-state index contributed by atoms with van der Waals surface area (Å²) in [7, 11) is 0. The first-order chi connectivity index (χ1) is 12.6. The number of ether oxygens (including phenoxy) is 1. The molecule has 0 aliphatic heterocycles. The van der Waals surface area contributed by atoms with Crippen molar-refractivity contribution in [2.75, 3.05) is 5.73 Å². The number of nitrogen functional groups attached to an aromatic ring is 1. The predicted octanol–water partition coefficient (Wildman–Crippen LogP) is 2.11. The van der Waals surface area contributed by atoms with Gasteiger partial charge < -0.3 is 16.2 Å². The molecule has 0 amide bonds. The van der Waals surface area contributed by atoms with Crippen LogP contribution in [0.15, 0.2) is 63.4 Å². The highest BCUT2D eigenvalue weighted by Crippen LogP contribution is 2.15. The van der Waals surface area contributed by atoms with Gasteiger partial charge in [0.15, 0.2) is 17.3 Å². The Kier molecular flexibility index (Phi) is 5.18. The van der Waals surface area contributed by atoms with Crippen LogP contribution in [0.1, 0.15) is 16.8 Å². The van der Waals surface area contributed by atoms with E-state index >= 15 is 0 Å². The van der Waals surface area contributed by atoms with E-state index in [1.807, 2.05) is 0 Å². The van der Waals surface area contributed by atoms with Gasteiger partial charge in [0.1, 0.15) is 18.2 Å². The third-order valence-electron chi connectivity index (χ3n) is 3.36. The van der Waals surface area contributed by atoms with Gasteiger partial charge in [-0.3, -0.25) is 0 Å². The molecule has 3 rings (SSSR count). The summed E-state index contributed by atoms with van der Waals surface area (Å²) >= 11 is 0. The second-order valence-corrected chi connectivity index (χ2v) is 5.18. The van der Waals surface area contributed by atoms with Gasteiger partial charge in [-0.15, -0.1) is 5.10 Å². The summed E-state index contributed by atoms with van der Waals surface area (Å²) in [6, 6.07) is 13.5. The molecule has 0 spiro atoms. The number of anilines is 1. The predicted molar refractivity (Wildman–Crippen MR) is 94.2 cm³/mol. The minimum Gasteiger partial charge on any atom is -0.489 e. The van der Waals surface area contributed by atoms with E-state index in [4.69, 9.17) is 16.2 Å². The molecule has 0 aliphatic rings. The highest BCUT2D eigenvalue weighted by Gasteiger charge is 2.09. The first-order valence-corrected chi connectivity index (χ1v) is 7.54. The van der Waals surface area contributed by atoms with Crippen molar-refractivity contribution in [3.05, 3.63) is 71.2 Å². The van der Waals surface area contributed by atoms with E-state index in [2.05, 4.69) is 25.1 Å². The molecular weight excluding hydrogens is 339 g/mol. The maximum atomic E-state index is 13.5. The van der Waals surface area contributed by atoms with Crippen LogP contribution in [0.3, 0.4) is 0 Å². The zero-order valence-corrected chi connectivity index (χ0v) is 13.5. The average Bonchev–Trinajstić information content (AvgIpc) is 3.08. The molecule has 0 atom stereocenters. The number of aromatic nitrogens is 2. The maximum absolute atomic E-state index is 13.5. The van der Waals surface area contributed by atoms with Gasteiger partial charge in [0.25, 0.3) is 0 Å². The van der Waals surface area contributed by atoms with E-state index in [0.29, 0.717) is 11.3 Å². The Balaban J connectivity index is 1.59. The van der Waals surface area contributed by atoms with Crippen LogP contribution in [0.5, 0.6) is 5.75 Å². The molecule has 132 valence electrons. The van der Waals surface area contributed by atoms with Gasteiger partial charge in [-0.25, -0.2) is 9.02 Å². The lowest BCUT2D eigenvalue weighted by Crippen LogP contribution is -2.15. The van der Waals surface area contributed by atoms with E-state index in [9.17, 15) is 4.39 Å². The van der Waals surface area contributed by atoms with Gasteiger partial charge >= 0.3 is 0 Å². The van der Waals surface area contributed by atoms with Crippen LogP contribution in [0.4, 0.5) is 10.2 Å². The third-order valence-corrected chi connectivity index (χ3v) is 3.36. The number of benzene rings is 2. The summed E-state index contributed by atoms with van der Waals surface area (Å²) in [5.74, 6) is 0.340. The second kappa shape index (κ2) is 7.88. The highest BCUT2D eigenvalue weighted by atomic mass is 19.1. The van der Waals surface area contributed by atoms with E-state index in [-0.39, 0.29) is 29.8 Å². The molecule has 0 saturated heterocycles. The summed E-state index contributed by atoms with van der Waals surface area (Å²) in [5.41, 5.74) is 12.6. The molecule has 0 fully saturated rings. The van der Waals surface area contributed by atoms with Crippen molar-refractivity contribution in [3.63, 3.8) is 0 Å². The van der Waals surface area contributed by atoms with Gasteiger partial charge in [0.05, 0.1) is 6.21 Å². The highest BCUT2D eigenvalue weighted by molar-refractivity contribution is 5.99. The van der Waals surface area contributed by atoms with Gasteiger partial charge in [-0.05, 0) is 46.2 Å². The quantitative estimate of drug-likeness (QED) is 0.397. The molecule has 1 aromatic heterocycles. The minimum atomic E-state index is -0.297. The van der Waals surface area contributed by atoms with E-state index < -0.39 is 0 Å². The minimum absolute atomic E-state index is 0.00941. The third kappa shape index (κ3) is 4.20. The second-order valence-electron chi connectivity index (χ2n) is 5.18. The molecule has 0 unspecified atom stereocenters. The van der Waals surface area contributed by atoms with Gasteiger partial charge in [-0.1, -0.05) is 18.2 Å². The van der Waals surface area contributed by atoms with Crippen molar-refractivity contribution in [3.8, 4) is 5.75 Å². The molecule has 8 nitrogen and oxygen atoms in total. The van der Waals surface area contributed by atoms with E-state index in [1.165, 1.54) is 12.3 Å². The number of nitrogens with zero attached hydrogens (tertiary/aromatic N) is 4. The van der Waals surface area contributed by atoms with Crippen molar-refractivity contribution >= 4 is 17.9 Å². The van der Waals surface area contributed by atoms with E-state index in [0.717, 1.165) is 5.56 Å². The molecule has 2 aromatic carbocycles. The van der Waals surface area contributed by atoms with Crippen LogP contribution in [-0.2, 0) is 6.61 Å². The lowest BCUT2D eigenvalue weighted by molar-refractivity contribution is 0.300. The Hall–Kier alpha value is -3.75. The molecule has 26 heavy (non-hydrogen) atoms. The summed E-state index contributed by atoms with van der Waals surface area (Å²) in [5, 5.41) is 14.6. The molecule has 9 heteroatoms. The summed E-state index contributed by atoms with van der Waals surface area (Å²) in [6.45, 7) is 0.147. The normalized spacial score (nSPS) is 11.8. The van der Waals surface area contributed by atoms with Gasteiger partial charge in [0, 0.05) is 5.56 Å². The van der Waals surface area contributed by atoms with Gasteiger partial charge in [-0.2, -0.15) is 5.10 Å². The molecule has 0 bridgehead atoms. The lowest BCUT2D eigenvalue weighted by Gasteiger charge is -2.07. The molecule has 3 aromatic rings. The zero-order valence-electron chi connectivity index (χ0n) is 13.5. The Bertz CT molecular complexity index is 936. The first-order valence-electron chi connectivity index (χ1n) is 7.54. The number of amidine groups is 1. The fourth-order valence-electron chi connectivity index (χ4n) is 2.00. The molecule has 1 heterocycles. The van der Waals surface area contributed by atoms with Crippen LogP contribution in [-0.4, -0.2) is 22.4 Å². The van der Waals surface area contributed by atoms with Gasteiger partial charge in [0.2, 0.25) is 0 Å². The average molecular weight is 354 g/mol. The lowest BCUT2D eigenvalue weighted by atomic mass is 10.2. The zero-order chi connectivity index (χ0) is 18.4. The topological polar surface area (TPSA) is 125 Å². The molecule has 0 radical (unpaired) electrons. The van der Waals surface area contributed by atoms with Crippen LogP contribution in [0.25, 0.3) is 0 Å². The fourth-order valence-corrected chi connectivity index (χ4v) is 2.00. The smallest absolute Gasteiger partial charge is 0.199 e. The Labute approximate surface area is 147 Å². The van der Waals surface area contributed by atoms with Crippen molar-refractivity contribution in [2.24, 2.45) is 15.9 Å². The number of hydrogen-bond acceptors (Lipinski definition) is 7. The van der Waals surface area contributed by atoms with Crippen LogP contribution in [0, 0.1) is 5.82 Å². The largest absolute Gasteiger partial charge is 0.489 e. The summed E-state index contributed by atoms with van der Waals surface area (Å²) in [4.78, 5) is 0. The summed E-state index contributed by atoms with van der Waals surface area (Å²) < 4.78 is 23.5. The molecule has 0 saturated carbocycles. The van der Waals surface area contributed by atoms with E-state index in [1.54, 1.807) is 42.5 Å². The van der Waals surface area contributed by atoms with Crippen molar-refractivity contribution < 1.29 is 13.8 Å². The monoisotopic (exact) mass is 354 g/mol. The van der Waals surface area contributed by atoms with Crippen molar-refractivity contribution in [1.29, 1.82) is 0 Å². The molecule has 4 N–H and O–H groups in total. The Morgan fingerprint density at radius 2 is 1.92 bits per heavy atom. The fraction of sp³-hybridized carbons (Fsp3) is 0.0588. The Morgan fingerprint density at radius 3 is 2.62 bits per heavy atom. The molecule has 0 aliphatic carbocycles. The number of nitrogens with two attached hydrogens (primary N) is 2. The van der Waals surface area contributed by atoms with Crippen LogP contribution >= 0.6 is 0 Å². The number of halogens is 1. The SMILES string of the molecule is N/C(=N/N=C\c1ccc(OCc2ccccc2F)cc1)c1nonc1N. The van der Waals surface area contributed by atoms with Crippen LogP contribution < -0.4 is 16.2 Å². The standard InChI is InChI=1S/C17H15FN6O2/c18-14-4-2-1-3-12(14)10-25-13-7-5-11(6-8-13)9-21-22-16(19)15-17(20)24-26-23-15/h1-9H,10H2,(H2,19,22)(H2,20,24)/b21-9-. The van der Waals surface area contributed by atoms with Crippen molar-refractivity contribution in [1.82, 2.24) is 10.3 Å². The Morgan fingerprint density at radius 1 is 1.15 bits per heavy atom. The first kappa shape index (κ1) is 17.1.